The van der Waals surface area contributed by atoms with Gasteiger partial charge < -0.3 is 5.11 Å². The van der Waals surface area contributed by atoms with Gasteiger partial charge in [-0.05, 0) is 55.9 Å². The van der Waals surface area contributed by atoms with Crippen molar-refractivity contribution in [3.05, 3.63) is 71.2 Å². The van der Waals surface area contributed by atoms with Crippen molar-refractivity contribution in [1.29, 1.82) is 0 Å². The minimum atomic E-state index is -3.10. The van der Waals surface area contributed by atoms with Crippen molar-refractivity contribution >= 4 is 33.2 Å². The molecule has 0 saturated heterocycles. The SMILES string of the molecule is CC1=CC(=O)[C@H](CC=CCCCC(=O)O)[C@H]1C=CC(F)(F)c1cc2ccccc2s1. The van der Waals surface area contributed by atoms with E-state index in [1.807, 2.05) is 36.4 Å². The average Bonchev–Trinajstić information content (AvgIpc) is 3.24. The molecule has 0 radical (unpaired) electrons. The fourth-order valence-corrected chi connectivity index (χ4v) is 4.67. The molecule has 1 aromatic carbocycles. The molecule has 0 saturated carbocycles. The fraction of sp³-hybridized carbons (Fsp3) is 0.333. The molecule has 0 spiro atoms. The summed E-state index contributed by atoms with van der Waals surface area (Å²) in [5.74, 6) is -4.75. The van der Waals surface area contributed by atoms with E-state index in [9.17, 15) is 18.4 Å². The van der Waals surface area contributed by atoms with Gasteiger partial charge in [-0.15, -0.1) is 11.3 Å². The summed E-state index contributed by atoms with van der Waals surface area (Å²) in [6, 6.07) is 8.81. The van der Waals surface area contributed by atoms with Crippen LogP contribution in [0, 0.1) is 11.8 Å². The van der Waals surface area contributed by atoms with Gasteiger partial charge in [0.1, 0.15) is 0 Å². The third-order valence-electron chi connectivity index (χ3n) is 5.28. The highest BCUT2D eigenvalue weighted by Crippen LogP contribution is 2.40. The molecule has 2 aromatic rings. The number of hydrogen-bond donors (Lipinski definition) is 1. The maximum absolute atomic E-state index is 14.8. The van der Waals surface area contributed by atoms with Crippen LogP contribution in [0.25, 0.3) is 10.1 Å². The molecular weight excluding hydrogens is 406 g/mol. The Morgan fingerprint density at radius 2 is 2.03 bits per heavy atom. The van der Waals surface area contributed by atoms with Gasteiger partial charge in [-0.1, -0.05) is 42.0 Å². The number of aliphatic carboxylic acids is 1. The number of thiophene rings is 1. The number of alkyl halides is 2. The standard InChI is InChI=1S/C24H24F2O3S/c1-16-14-20(27)19(9-4-2-3-5-11-23(28)29)18(16)12-13-24(25,26)22-15-17-8-6-7-10-21(17)30-22/h2,4,6-8,10,12-15,18-19H,3,5,9,11H2,1H3,(H,28,29)/t18-,19+/m0/s1. The van der Waals surface area contributed by atoms with Gasteiger partial charge >= 0.3 is 11.9 Å². The predicted octanol–water partition coefficient (Wildman–Crippen LogP) is 6.51. The molecule has 0 aliphatic heterocycles. The van der Waals surface area contributed by atoms with Crippen LogP contribution in [0.1, 0.15) is 37.5 Å². The number of carboxylic acid groups (broad SMARTS) is 1. The Morgan fingerprint density at radius 1 is 1.27 bits per heavy atom. The summed E-state index contributed by atoms with van der Waals surface area (Å²) in [5, 5.41) is 9.44. The molecule has 2 atom stereocenters. The van der Waals surface area contributed by atoms with Crippen LogP contribution >= 0.6 is 11.3 Å². The second-order valence-corrected chi connectivity index (χ2v) is 8.63. The summed E-state index contributed by atoms with van der Waals surface area (Å²) >= 11 is 1.08. The Bertz CT molecular complexity index is 983. The quantitative estimate of drug-likeness (QED) is 0.364. The lowest BCUT2D eigenvalue weighted by Crippen LogP contribution is -2.16. The first-order chi connectivity index (χ1) is 14.3. The minimum Gasteiger partial charge on any atom is -0.481 e. The van der Waals surface area contributed by atoms with E-state index in [1.54, 1.807) is 6.92 Å². The Kier molecular flexibility index (Phi) is 6.98. The fourth-order valence-electron chi connectivity index (χ4n) is 3.66. The van der Waals surface area contributed by atoms with Gasteiger partial charge in [0.25, 0.3) is 0 Å². The van der Waals surface area contributed by atoms with E-state index in [-0.39, 0.29) is 23.0 Å². The smallest absolute Gasteiger partial charge is 0.303 e. The van der Waals surface area contributed by atoms with Crippen molar-refractivity contribution < 1.29 is 23.5 Å². The molecule has 3 rings (SSSR count). The minimum absolute atomic E-state index is 0.0132. The summed E-state index contributed by atoms with van der Waals surface area (Å²) in [4.78, 5) is 22.8. The Labute approximate surface area is 178 Å². The molecule has 6 heteroatoms. The maximum atomic E-state index is 14.8. The highest BCUT2D eigenvalue weighted by molar-refractivity contribution is 7.19. The van der Waals surface area contributed by atoms with Crippen molar-refractivity contribution in [2.24, 2.45) is 11.8 Å². The molecule has 0 unspecified atom stereocenters. The van der Waals surface area contributed by atoms with E-state index < -0.39 is 17.8 Å². The van der Waals surface area contributed by atoms with E-state index in [0.717, 1.165) is 33.1 Å². The summed E-state index contributed by atoms with van der Waals surface area (Å²) < 4.78 is 30.4. The number of carbonyl (C=O) groups excluding carboxylic acids is 1. The summed E-state index contributed by atoms with van der Waals surface area (Å²) in [6.07, 6.45) is 9.32. The molecule has 0 bridgehead atoms. The lowest BCUT2D eigenvalue weighted by molar-refractivity contribution is -0.137. The summed E-state index contributed by atoms with van der Waals surface area (Å²) in [6.45, 7) is 1.79. The van der Waals surface area contributed by atoms with Gasteiger partial charge in [0.05, 0.1) is 4.88 Å². The second-order valence-electron chi connectivity index (χ2n) is 7.55. The number of fused-ring (bicyclic) bond motifs is 1. The first-order valence-corrected chi connectivity index (χ1v) is 10.7. The molecule has 1 heterocycles. The third kappa shape index (κ3) is 5.30. The summed E-state index contributed by atoms with van der Waals surface area (Å²) in [7, 11) is 0. The predicted molar refractivity (Wildman–Crippen MR) is 116 cm³/mol. The van der Waals surface area contributed by atoms with Gasteiger partial charge in [-0.3, -0.25) is 9.59 Å². The number of rotatable bonds is 9. The molecule has 158 valence electrons. The average molecular weight is 431 g/mol. The third-order valence-corrected chi connectivity index (χ3v) is 6.48. The first kappa shape index (κ1) is 22.1. The molecule has 1 N–H and O–H groups in total. The molecule has 0 fully saturated rings. The van der Waals surface area contributed by atoms with Crippen LogP contribution in [0.2, 0.25) is 0 Å². The Balaban J connectivity index is 1.68. The molecule has 30 heavy (non-hydrogen) atoms. The van der Waals surface area contributed by atoms with Crippen LogP contribution in [0.3, 0.4) is 0 Å². The van der Waals surface area contributed by atoms with Crippen LogP contribution in [-0.2, 0) is 15.5 Å². The lowest BCUT2D eigenvalue weighted by Gasteiger charge is -2.17. The number of halogens is 2. The maximum Gasteiger partial charge on any atom is 0.303 e. The number of carbonyl (C=O) groups is 2. The van der Waals surface area contributed by atoms with Crippen LogP contribution in [0.15, 0.2) is 66.3 Å². The highest BCUT2D eigenvalue weighted by Gasteiger charge is 2.35. The van der Waals surface area contributed by atoms with E-state index in [0.29, 0.717) is 19.3 Å². The molecular formula is C24H24F2O3S. The van der Waals surface area contributed by atoms with E-state index in [2.05, 4.69) is 0 Å². The molecule has 0 amide bonds. The van der Waals surface area contributed by atoms with E-state index >= 15 is 0 Å². The van der Waals surface area contributed by atoms with Crippen LogP contribution in [-0.4, -0.2) is 16.9 Å². The highest BCUT2D eigenvalue weighted by atomic mass is 32.1. The van der Waals surface area contributed by atoms with E-state index in [4.69, 9.17) is 5.11 Å². The summed E-state index contributed by atoms with van der Waals surface area (Å²) in [5.41, 5.74) is 0.785. The monoisotopic (exact) mass is 430 g/mol. The number of ketones is 1. The van der Waals surface area contributed by atoms with E-state index in [1.165, 1.54) is 18.2 Å². The van der Waals surface area contributed by atoms with Crippen molar-refractivity contribution in [2.75, 3.05) is 0 Å². The zero-order valence-corrected chi connectivity index (χ0v) is 17.5. The number of carboxylic acids is 1. The van der Waals surface area contributed by atoms with Gasteiger partial charge in [-0.25, -0.2) is 0 Å². The van der Waals surface area contributed by atoms with Crippen molar-refractivity contribution in [3.63, 3.8) is 0 Å². The number of unbranched alkanes of at least 4 members (excludes halogenated alkanes) is 1. The van der Waals surface area contributed by atoms with Crippen LogP contribution in [0.5, 0.6) is 0 Å². The van der Waals surface area contributed by atoms with Gasteiger partial charge in [0, 0.05) is 23.0 Å². The number of benzene rings is 1. The number of allylic oxidation sites excluding steroid dienone is 6. The first-order valence-electron chi connectivity index (χ1n) is 9.93. The lowest BCUT2D eigenvalue weighted by atomic mass is 9.87. The molecule has 1 aliphatic rings. The van der Waals surface area contributed by atoms with Crippen LogP contribution in [0.4, 0.5) is 8.78 Å². The molecule has 1 aliphatic carbocycles. The Morgan fingerprint density at radius 3 is 2.77 bits per heavy atom. The zero-order chi connectivity index (χ0) is 21.7. The van der Waals surface area contributed by atoms with Gasteiger partial charge in [-0.2, -0.15) is 8.78 Å². The molecule has 3 nitrogen and oxygen atoms in total. The normalized spacial score (nSPS) is 20.0. The van der Waals surface area contributed by atoms with Crippen molar-refractivity contribution in [1.82, 2.24) is 0 Å². The van der Waals surface area contributed by atoms with Gasteiger partial charge in [0.2, 0.25) is 0 Å². The van der Waals surface area contributed by atoms with Gasteiger partial charge in [0.15, 0.2) is 5.78 Å². The zero-order valence-electron chi connectivity index (χ0n) is 16.7. The van der Waals surface area contributed by atoms with Crippen molar-refractivity contribution in [3.8, 4) is 0 Å². The van der Waals surface area contributed by atoms with Crippen molar-refractivity contribution in [2.45, 2.75) is 38.5 Å². The largest absolute Gasteiger partial charge is 0.481 e. The van der Waals surface area contributed by atoms with Crippen LogP contribution < -0.4 is 0 Å². The Hall–Kier alpha value is -2.60. The molecule has 1 aromatic heterocycles. The topological polar surface area (TPSA) is 54.4 Å². The second kappa shape index (κ2) is 9.47. The number of hydrogen-bond acceptors (Lipinski definition) is 3.